The summed E-state index contributed by atoms with van der Waals surface area (Å²) in [6.07, 6.45) is 0. The fraction of sp³-hybridized carbons (Fsp3) is 0.571. The van der Waals surface area contributed by atoms with Crippen LogP contribution in [-0.4, -0.2) is 45.3 Å². The van der Waals surface area contributed by atoms with E-state index in [0.717, 1.165) is 25.2 Å². The fourth-order valence-electron chi connectivity index (χ4n) is 1.96. The molecule has 0 saturated carbocycles. The van der Waals surface area contributed by atoms with Gasteiger partial charge in [0.25, 0.3) is 0 Å². The summed E-state index contributed by atoms with van der Waals surface area (Å²) in [4.78, 5) is 2.25. The van der Waals surface area contributed by atoms with Gasteiger partial charge in [-0.1, -0.05) is 25.1 Å². The highest BCUT2D eigenvalue weighted by Crippen LogP contribution is 2.17. The van der Waals surface area contributed by atoms with Crippen LogP contribution in [0.2, 0.25) is 0 Å². The van der Waals surface area contributed by atoms with Crippen LogP contribution >= 0.6 is 0 Å². The average Bonchev–Trinajstić information content (AvgIpc) is 2.40. The van der Waals surface area contributed by atoms with Gasteiger partial charge in [0, 0.05) is 31.8 Å². The Kier molecular flexibility index (Phi) is 6.86. The van der Waals surface area contributed by atoms with Crippen LogP contribution in [0.3, 0.4) is 0 Å². The van der Waals surface area contributed by atoms with Crippen molar-refractivity contribution in [1.29, 1.82) is 0 Å². The zero-order chi connectivity index (χ0) is 13.4. The summed E-state index contributed by atoms with van der Waals surface area (Å²) in [5, 5.41) is 3.18. The molecule has 0 saturated heterocycles. The van der Waals surface area contributed by atoms with Gasteiger partial charge in [0.05, 0.1) is 6.61 Å². The van der Waals surface area contributed by atoms with E-state index < -0.39 is 0 Å². The van der Waals surface area contributed by atoms with Crippen LogP contribution < -0.4 is 5.32 Å². The van der Waals surface area contributed by atoms with Gasteiger partial charge < -0.3 is 10.1 Å². The molecular weight excluding hydrogens is 231 g/mol. The molecule has 0 bridgehead atoms. The molecule has 0 aliphatic rings. The minimum atomic E-state index is -0.153. The molecule has 4 heteroatoms. The second-order valence-corrected chi connectivity index (χ2v) is 4.25. The number of hydrogen-bond donors (Lipinski definition) is 1. The second-order valence-electron chi connectivity index (χ2n) is 4.25. The largest absolute Gasteiger partial charge is 0.383 e. The summed E-state index contributed by atoms with van der Waals surface area (Å²) < 4.78 is 18.8. The maximum Gasteiger partial charge on any atom is 0.128 e. The highest BCUT2D eigenvalue weighted by molar-refractivity contribution is 5.21. The lowest BCUT2D eigenvalue weighted by atomic mass is 10.1. The topological polar surface area (TPSA) is 24.5 Å². The van der Waals surface area contributed by atoms with E-state index in [9.17, 15) is 4.39 Å². The molecule has 3 nitrogen and oxygen atoms in total. The highest BCUT2D eigenvalue weighted by Gasteiger charge is 2.16. The van der Waals surface area contributed by atoms with E-state index in [1.807, 2.05) is 19.2 Å². The van der Waals surface area contributed by atoms with Crippen molar-refractivity contribution in [2.45, 2.75) is 13.0 Å². The Morgan fingerprint density at radius 3 is 2.67 bits per heavy atom. The van der Waals surface area contributed by atoms with E-state index in [0.29, 0.717) is 6.61 Å². The fourth-order valence-corrected chi connectivity index (χ4v) is 1.96. The third-order valence-electron chi connectivity index (χ3n) is 3.13. The molecule has 0 radical (unpaired) electrons. The SMILES string of the molecule is CCN(CCOC)CC(NC)c1ccccc1F. The maximum atomic E-state index is 13.7. The molecule has 0 aliphatic heterocycles. The number of nitrogens with one attached hydrogen (secondary N) is 1. The molecule has 0 spiro atoms. The predicted molar refractivity (Wildman–Crippen MR) is 72.2 cm³/mol. The number of hydrogen-bond acceptors (Lipinski definition) is 3. The smallest absolute Gasteiger partial charge is 0.128 e. The maximum absolute atomic E-state index is 13.7. The first-order chi connectivity index (χ1) is 8.72. The molecule has 1 unspecified atom stereocenters. The van der Waals surface area contributed by atoms with Crippen LogP contribution in [0.1, 0.15) is 18.5 Å². The quantitative estimate of drug-likeness (QED) is 0.768. The number of nitrogens with zero attached hydrogens (tertiary/aromatic N) is 1. The number of halogens is 1. The summed E-state index contributed by atoms with van der Waals surface area (Å²) in [6.45, 7) is 5.36. The van der Waals surface area contributed by atoms with Crippen LogP contribution in [-0.2, 0) is 4.74 Å². The zero-order valence-electron chi connectivity index (χ0n) is 11.4. The first kappa shape index (κ1) is 15.1. The first-order valence-electron chi connectivity index (χ1n) is 6.35. The van der Waals surface area contributed by atoms with Crippen LogP contribution in [0.4, 0.5) is 4.39 Å². The first-order valence-corrected chi connectivity index (χ1v) is 6.35. The lowest BCUT2D eigenvalue weighted by Gasteiger charge is -2.26. The van der Waals surface area contributed by atoms with E-state index in [1.165, 1.54) is 6.07 Å². The van der Waals surface area contributed by atoms with Gasteiger partial charge in [0.1, 0.15) is 5.82 Å². The monoisotopic (exact) mass is 254 g/mol. The van der Waals surface area contributed by atoms with Crippen molar-refractivity contribution in [3.8, 4) is 0 Å². The summed E-state index contributed by atoms with van der Waals surface area (Å²) in [5.41, 5.74) is 0.718. The Balaban J connectivity index is 2.68. The number of methoxy groups -OCH3 is 1. The van der Waals surface area contributed by atoms with Crippen LogP contribution in [0.5, 0.6) is 0 Å². The predicted octanol–water partition coefficient (Wildman–Crippen LogP) is 2.05. The van der Waals surface area contributed by atoms with Crippen molar-refractivity contribution < 1.29 is 9.13 Å². The minimum absolute atomic E-state index is 0.00278. The van der Waals surface area contributed by atoms with Crippen molar-refractivity contribution in [2.24, 2.45) is 0 Å². The normalized spacial score (nSPS) is 12.9. The number of benzene rings is 1. The van der Waals surface area contributed by atoms with Gasteiger partial charge in [0.2, 0.25) is 0 Å². The molecule has 0 aliphatic carbocycles. The molecule has 18 heavy (non-hydrogen) atoms. The molecule has 102 valence electrons. The van der Waals surface area contributed by atoms with Gasteiger partial charge in [-0.15, -0.1) is 0 Å². The van der Waals surface area contributed by atoms with E-state index in [-0.39, 0.29) is 11.9 Å². The van der Waals surface area contributed by atoms with Crippen molar-refractivity contribution in [1.82, 2.24) is 10.2 Å². The molecule has 0 fully saturated rings. The Morgan fingerprint density at radius 2 is 2.11 bits per heavy atom. The lowest BCUT2D eigenvalue weighted by molar-refractivity contribution is 0.144. The molecular formula is C14H23FN2O. The van der Waals surface area contributed by atoms with Gasteiger partial charge >= 0.3 is 0 Å². The van der Waals surface area contributed by atoms with Crippen molar-refractivity contribution >= 4 is 0 Å². The van der Waals surface area contributed by atoms with E-state index in [2.05, 4.69) is 17.1 Å². The van der Waals surface area contributed by atoms with Gasteiger partial charge in [-0.2, -0.15) is 0 Å². The van der Waals surface area contributed by atoms with Crippen LogP contribution in [0, 0.1) is 5.82 Å². The minimum Gasteiger partial charge on any atom is -0.383 e. The highest BCUT2D eigenvalue weighted by atomic mass is 19.1. The van der Waals surface area contributed by atoms with Gasteiger partial charge in [0.15, 0.2) is 0 Å². The van der Waals surface area contributed by atoms with Crippen molar-refractivity contribution in [2.75, 3.05) is 40.4 Å². The number of likely N-dealkylation sites (N-methyl/N-ethyl adjacent to an activating group) is 2. The standard InChI is InChI=1S/C14H23FN2O/c1-4-17(9-10-18-3)11-14(16-2)12-7-5-6-8-13(12)15/h5-8,14,16H,4,9-11H2,1-3H3. The molecule has 0 aromatic heterocycles. The Labute approximate surface area is 109 Å². The van der Waals surface area contributed by atoms with Gasteiger partial charge in [-0.25, -0.2) is 4.39 Å². The Hall–Kier alpha value is -0.970. The van der Waals surface area contributed by atoms with Gasteiger partial charge in [-0.05, 0) is 19.7 Å². The van der Waals surface area contributed by atoms with Crippen LogP contribution in [0.15, 0.2) is 24.3 Å². The number of ether oxygens (including phenoxy) is 1. The molecule has 1 N–H and O–H groups in total. The molecule has 1 aromatic carbocycles. The molecule has 1 atom stereocenters. The van der Waals surface area contributed by atoms with Crippen LogP contribution in [0.25, 0.3) is 0 Å². The third-order valence-corrected chi connectivity index (χ3v) is 3.13. The third kappa shape index (κ3) is 4.37. The lowest BCUT2D eigenvalue weighted by Crippen LogP contribution is -2.36. The van der Waals surface area contributed by atoms with E-state index >= 15 is 0 Å². The van der Waals surface area contributed by atoms with E-state index in [1.54, 1.807) is 13.2 Å². The Bertz CT molecular complexity index is 346. The summed E-state index contributed by atoms with van der Waals surface area (Å²) in [6, 6.07) is 6.93. The summed E-state index contributed by atoms with van der Waals surface area (Å²) >= 11 is 0. The van der Waals surface area contributed by atoms with Crippen molar-refractivity contribution in [3.05, 3.63) is 35.6 Å². The van der Waals surface area contributed by atoms with Gasteiger partial charge in [-0.3, -0.25) is 4.90 Å². The molecule has 0 heterocycles. The van der Waals surface area contributed by atoms with E-state index in [4.69, 9.17) is 4.74 Å². The Morgan fingerprint density at radius 1 is 1.39 bits per heavy atom. The second kappa shape index (κ2) is 8.19. The summed E-state index contributed by atoms with van der Waals surface area (Å²) in [5.74, 6) is -0.153. The number of rotatable bonds is 8. The molecule has 1 aromatic rings. The average molecular weight is 254 g/mol. The summed E-state index contributed by atoms with van der Waals surface area (Å²) in [7, 11) is 3.56. The molecule has 1 rings (SSSR count). The molecule has 0 amide bonds. The zero-order valence-corrected chi connectivity index (χ0v) is 11.4. The van der Waals surface area contributed by atoms with Crippen molar-refractivity contribution in [3.63, 3.8) is 0 Å².